The SMILES string of the molecule is CCCCc1ccc(C)c(N=C=S)c1. The van der Waals surface area contributed by atoms with Crippen LogP contribution in [-0.4, -0.2) is 5.16 Å². The fraction of sp³-hybridized carbons (Fsp3) is 0.417. The van der Waals surface area contributed by atoms with Crippen molar-refractivity contribution in [3.63, 3.8) is 0 Å². The lowest BCUT2D eigenvalue weighted by Crippen LogP contribution is -1.85. The van der Waals surface area contributed by atoms with Crippen LogP contribution in [0, 0.1) is 6.92 Å². The lowest BCUT2D eigenvalue weighted by molar-refractivity contribution is 0.795. The van der Waals surface area contributed by atoms with Gasteiger partial charge in [0.05, 0.1) is 10.8 Å². The third-order valence-corrected chi connectivity index (χ3v) is 2.35. The van der Waals surface area contributed by atoms with Crippen LogP contribution in [0.3, 0.4) is 0 Å². The highest BCUT2D eigenvalue weighted by molar-refractivity contribution is 7.78. The molecule has 0 aliphatic carbocycles. The molecule has 0 unspecified atom stereocenters. The number of aliphatic imine (C=N–C) groups is 1. The van der Waals surface area contributed by atoms with E-state index in [4.69, 9.17) is 0 Å². The first-order valence-corrected chi connectivity index (χ1v) is 5.36. The van der Waals surface area contributed by atoms with E-state index < -0.39 is 0 Å². The second kappa shape index (κ2) is 5.69. The number of rotatable bonds is 4. The minimum absolute atomic E-state index is 0.952. The first kappa shape index (κ1) is 11.1. The zero-order valence-corrected chi connectivity index (χ0v) is 9.53. The standard InChI is InChI=1S/C12H15NS/c1-3-4-5-11-7-6-10(2)12(8-11)13-9-14/h6-8H,3-5H2,1-2H3. The van der Waals surface area contributed by atoms with Crippen LogP contribution in [0.15, 0.2) is 23.2 Å². The van der Waals surface area contributed by atoms with Gasteiger partial charge in [-0.3, -0.25) is 0 Å². The van der Waals surface area contributed by atoms with E-state index in [0.29, 0.717) is 0 Å². The minimum Gasteiger partial charge on any atom is -0.194 e. The summed E-state index contributed by atoms with van der Waals surface area (Å²) in [5, 5.41) is 2.42. The van der Waals surface area contributed by atoms with Gasteiger partial charge in [0.1, 0.15) is 0 Å². The summed E-state index contributed by atoms with van der Waals surface area (Å²) >= 11 is 4.61. The Hall–Kier alpha value is -0.980. The quantitative estimate of drug-likeness (QED) is 0.533. The molecule has 1 nitrogen and oxygen atoms in total. The van der Waals surface area contributed by atoms with Gasteiger partial charge in [0, 0.05) is 0 Å². The van der Waals surface area contributed by atoms with E-state index in [1.54, 1.807) is 0 Å². The highest BCUT2D eigenvalue weighted by Crippen LogP contribution is 2.20. The van der Waals surface area contributed by atoms with E-state index in [1.165, 1.54) is 18.4 Å². The summed E-state index contributed by atoms with van der Waals surface area (Å²) in [4.78, 5) is 4.04. The number of nitrogens with zero attached hydrogens (tertiary/aromatic N) is 1. The van der Waals surface area contributed by atoms with E-state index in [2.05, 4.69) is 47.5 Å². The molecule has 0 atom stereocenters. The van der Waals surface area contributed by atoms with Crippen LogP contribution >= 0.6 is 12.2 Å². The van der Waals surface area contributed by atoms with Crippen molar-refractivity contribution in [2.75, 3.05) is 0 Å². The number of thiocarbonyl (C=S) groups is 1. The Morgan fingerprint density at radius 1 is 1.43 bits per heavy atom. The zero-order chi connectivity index (χ0) is 10.4. The molecule has 1 aromatic rings. The summed E-state index contributed by atoms with van der Waals surface area (Å²) in [6.45, 7) is 4.24. The maximum absolute atomic E-state index is 4.61. The molecule has 0 aliphatic heterocycles. The average Bonchev–Trinajstić information content (AvgIpc) is 2.19. The summed E-state index contributed by atoms with van der Waals surface area (Å²) < 4.78 is 0. The molecule has 0 aromatic heterocycles. The van der Waals surface area contributed by atoms with Crippen molar-refractivity contribution in [2.24, 2.45) is 4.99 Å². The maximum Gasteiger partial charge on any atom is 0.0771 e. The number of benzene rings is 1. The van der Waals surface area contributed by atoms with Gasteiger partial charge in [-0.15, -0.1) is 0 Å². The van der Waals surface area contributed by atoms with E-state index in [-0.39, 0.29) is 0 Å². The molecule has 74 valence electrons. The molecule has 0 radical (unpaired) electrons. The molecule has 0 aliphatic rings. The molecule has 0 N–H and O–H groups in total. The second-order valence-corrected chi connectivity index (χ2v) is 3.61. The van der Waals surface area contributed by atoms with Crippen LogP contribution < -0.4 is 0 Å². The van der Waals surface area contributed by atoms with Gasteiger partial charge in [-0.2, -0.15) is 4.99 Å². The second-order valence-electron chi connectivity index (χ2n) is 3.43. The molecule has 0 saturated heterocycles. The molecule has 1 rings (SSSR count). The van der Waals surface area contributed by atoms with Gasteiger partial charge >= 0.3 is 0 Å². The molecule has 0 saturated carbocycles. The average molecular weight is 205 g/mol. The third kappa shape index (κ3) is 3.06. The van der Waals surface area contributed by atoms with Gasteiger partial charge < -0.3 is 0 Å². The van der Waals surface area contributed by atoms with E-state index in [1.807, 2.05) is 6.92 Å². The number of isothiocyanates is 1. The summed E-state index contributed by atoms with van der Waals surface area (Å²) in [6.07, 6.45) is 3.57. The largest absolute Gasteiger partial charge is 0.194 e. The van der Waals surface area contributed by atoms with Crippen molar-refractivity contribution in [3.05, 3.63) is 29.3 Å². The van der Waals surface area contributed by atoms with E-state index in [9.17, 15) is 0 Å². The van der Waals surface area contributed by atoms with Crippen LogP contribution in [0.1, 0.15) is 30.9 Å². The van der Waals surface area contributed by atoms with E-state index in [0.717, 1.165) is 17.7 Å². The molecule has 0 bridgehead atoms. The zero-order valence-electron chi connectivity index (χ0n) is 8.71. The topological polar surface area (TPSA) is 12.4 Å². The fourth-order valence-corrected chi connectivity index (χ4v) is 1.46. The summed E-state index contributed by atoms with van der Waals surface area (Å²) in [7, 11) is 0. The van der Waals surface area contributed by atoms with Crippen molar-refractivity contribution in [3.8, 4) is 0 Å². The first-order chi connectivity index (χ1) is 6.77. The van der Waals surface area contributed by atoms with Crippen molar-refractivity contribution in [1.29, 1.82) is 0 Å². The lowest BCUT2D eigenvalue weighted by Gasteiger charge is -2.03. The maximum atomic E-state index is 4.61. The molecular formula is C12H15NS. The van der Waals surface area contributed by atoms with Crippen LogP contribution in [0.2, 0.25) is 0 Å². The first-order valence-electron chi connectivity index (χ1n) is 4.95. The van der Waals surface area contributed by atoms with Crippen molar-refractivity contribution >= 4 is 23.1 Å². The van der Waals surface area contributed by atoms with Gasteiger partial charge in [-0.05, 0) is 49.2 Å². The Kier molecular flexibility index (Phi) is 4.51. The fourth-order valence-electron chi connectivity index (χ4n) is 1.36. The Bertz CT molecular complexity index is 351. The Labute approximate surface area is 90.9 Å². The van der Waals surface area contributed by atoms with Gasteiger partial charge in [-0.25, -0.2) is 0 Å². The number of unbranched alkanes of at least 4 members (excludes halogenated alkanes) is 1. The number of hydrogen-bond acceptors (Lipinski definition) is 2. The van der Waals surface area contributed by atoms with Crippen LogP contribution in [0.25, 0.3) is 0 Å². The highest BCUT2D eigenvalue weighted by atomic mass is 32.1. The molecule has 1 aromatic carbocycles. The van der Waals surface area contributed by atoms with Gasteiger partial charge in [-0.1, -0.05) is 25.5 Å². The number of aryl methyl sites for hydroxylation is 2. The smallest absolute Gasteiger partial charge is 0.0771 e. The summed E-state index contributed by atoms with van der Waals surface area (Å²) in [5.41, 5.74) is 3.44. The van der Waals surface area contributed by atoms with Gasteiger partial charge in [0.15, 0.2) is 0 Å². The monoisotopic (exact) mass is 205 g/mol. The minimum atomic E-state index is 0.952. The normalized spacial score (nSPS) is 9.57. The Morgan fingerprint density at radius 2 is 2.21 bits per heavy atom. The molecule has 0 amide bonds. The molecule has 2 heteroatoms. The van der Waals surface area contributed by atoms with Crippen molar-refractivity contribution in [1.82, 2.24) is 0 Å². The molecule has 14 heavy (non-hydrogen) atoms. The van der Waals surface area contributed by atoms with Crippen molar-refractivity contribution in [2.45, 2.75) is 33.1 Å². The van der Waals surface area contributed by atoms with Crippen LogP contribution in [0.4, 0.5) is 5.69 Å². The predicted molar refractivity (Wildman–Crippen MR) is 64.5 cm³/mol. The summed E-state index contributed by atoms with van der Waals surface area (Å²) in [6, 6.07) is 6.36. The van der Waals surface area contributed by atoms with Crippen molar-refractivity contribution < 1.29 is 0 Å². The lowest BCUT2D eigenvalue weighted by atomic mass is 10.1. The highest BCUT2D eigenvalue weighted by Gasteiger charge is 1.98. The Balaban J connectivity index is 2.88. The van der Waals surface area contributed by atoms with Gasteiger partial charge in [0.25, 0.3) is 0 Å². The molecular weight excluding hydrogens is 190 g/mol. The van der Waals surface area contributed by atoms with E-state index >= 15 is 0 Å². The molecule has 0 spiro atoms. The van der Waals surface area contributed by atoms with Gasteiger partial charge in [0.2, 0.25) is 0 Å². The summed E-state index contributed by atoms with van der Waals surface area (Å²) in [5.74, 6) is 0. The van der Waals surface area contributed by atoms with Crippen LogP contribution in [-0.2, 0) is 6.42 Å². The molecule has 0 fully saturated rings. The number of hydrogen-bond donors (Lipinski definition) is 0. The molecule has 0 heterocycles. The predicted octanol–water partition coefficient (Wildman–Crippen LogP) is 4.07. The Morgan fingerprint density at radius 3 is 2.86 bits per heavy atom. The third-order valence-electron chi connectivity index (χ3n) is 2.26. The van der Waals surface area contributed by atoms with Crippen LogP contribution in [0.5, 0.6) is 0 Å².